The maximum absolute atomic E-state index is 13.2. The van der Waals surface area contributed by atoms with E-state index in [9.17, 15) is 14.7 Å². The van der Waals surface area contributed by atoms with Gasteiger partial charge in [0.1, 0.15) is 23.3 Å². The molecule has 1 atom stereocenters. The zero-order valence-electron chi connectivity index (χ0n) is 16.4. The predicted octanol–water partition coefficient (Wildman–Crippen LogP) is 5.54. The largest absolute Gasteiger partial charge is 0.503 e. The molecule has 1 aliphatic heterocycles. The number of thiazole rings is 1. The van der Waals surface area contributed by atoms with Gasteiger partial charge in [0.2, 0.25) is 5.78 Å². The Kier molecular flexibility index (Phi) is 4.49. The third-order valence-electron chi connectivity index (χ3n) is 4.99. The van der Waals surface area contributed by atoms with Gasteiger partial charge in [0.25, 0.3) is 5.91 Å². The van der Waals surface area contributed by atoms with Gasteiger partial charge in [-0.05, 0) is 56.3 Å². The molecule has 0 spiro atoms. The van der Waals surface area contributed by atoms with Crippen molar-refractivity contribution in [1.29, 1.82) is 0 Å². The number of carbonyl (C=O) groups excluding carboxylic acids is 2. The number of amides is 1. The van der Waals surface area contributed by atoms with Crippen molar-refractivity contribution in [3.63, 3.8) is 0 Å². The minimum atomic E-state index is -0.991. The number of aliphatic hydroxyl groups is 1. The first kappa shape index (κ1) is 19.6. The summed E-state index contributed by atoms with van der Waals surface area (Å²) >= 11 is 7.31. The summed E-state index contributed by atoms with van der Waals surface area (Å²) in [7, 11) is 0. The zero-order chi connectivity index (χ0) is 21.9. The van der Waals surface area contributed by atoms with Crippen LogP contribution in [0, 0.1) is 13.8 Å². The van der Waals surface area contributed by atoms with E-state index in [0.717, 1.165) is 4.70 Å². The minimum absolute atomic E-state index is 0.0260. The lowest BCUT2D eigenvalue weighted by Crippen LogP contribution is -2.30. The zero-order valence-corrected chi connectivity index (χ0v) is 18.0. The topological polar surface area (TPSA) is 96.8 Å². The third-order valence-corrected chi connectivity index (χ3v) is 6.25. The summed E-state index contributed by atoms with van der Waals surface area (Å²) in [5.74, 6) is -0.489. The fourth-order valence-electron chi connectivity index (χ4n) is 3.58. The van der Waals surface area contributed by atoms with Gasteiger partial charge < -0.3 is 13.9 Å². The number of aliphatic hydroxyl groups excluding tert-OH is 1. The Hall–Kier alpha value is -3.36. The van der Waals surface area contributed by atoms with Crippen LogP contribution in [0.4, 0.5) is 5.13 Å². The average molecular weight is 455 g/mol. The Morgan fingerprint density at radius 2 is 1.87 bits per heavy atom. The van der Waals surface area contributed by atoms with Crippen LogP contribution in [0.1, 0.15) is 33.9 Å². The molecular weight excluding hydrogens is 440 g/mol. The second-order valence-electron chi connectivity index (χ2n) is 7.14. The number of ketones is 1. The van der Waals surface area contributed by atoms with Crippen LogP contribution in [-0.4, -0.2) is 21.8 Å². The summed E-state index contributed by atoms with van der Waals surface area (Å²) in [4.78, 5) is 32.2. The molecule has 0 radical (unpaired) electrons. The van der Waals surface area contributed by atoms with Crippen LogP contribution < -0.4 is 4.90 Å². The molecule has 0 bridgehead atoms. The Bertz CT molecular complexity index is 1400. The molecule has 3 aromatic heterocycles. The van der Waals surface area contributed by atoms with E-state index >= 15 is 0 Å². The van der Waals surface area contributed by atoms with E-state index in [1.807, 2.05) is 0 Å². The molecule has 4 heterocycles. The number of carbonyl (C=O) groups is 2. The number of benzene rings is 1. The summed E-state index contributed by atoms with van der Waals surface area (Å²) in [5, 5.41) is 11.6. The van der Waals surface area contributed by atoms with Crippen molar-refractivity contribution >= 4 is 50.0 Å². The van der Waals surface area contributed by atoms with E-state index in [4.69, 9.17) is 20.4 Å². The second-order valence-corrected chi connectivity index (χ2v) is 8.58. The van der Waals surface area contributed by atoms with Gasteiger partial charge in [0, 0.05) is 5.02 Å². The number of aromatic nitrogens is 1. The fraction of sp³-hybridized carbons (Fsp3) is 0.136. The quantitative estimate of drug-likeness (QED) is 0.407. The van der Waals surface area contributed by atoms with Gasteiger partial charge in [-0.3, -0.25) is 14.5 Å². The summed E-state index contributed by atoms with van der Waals surface area (Å²) in [6.45, 7) is 3.46. The molecule has 5 rings (SSSR count). The monoisotopic (exact) mass is 454 g/mol. The first-order chi connectivity index (χ1) is 14.8. The van der Waals surface area contributed by atoms with Crippen LogP contribution in [0.2, 0.25) is 5.02 Å². The number of nitrogens with zero attached hydrogens (tertiary/aromatic N) is 2. The number of hydrogen-bond donors (Lipinski definition) is 1. The van der Waals surface area contributed by atoms with E-state index in [1.54, 1.807) is 50.2 Å². The number of Topliss-reactive ketones (excluding diaryl/α,β-unsaturated/α-hetero) is 1. The lowest BCUT2D eigenvalue weighted by Gasteiger charge is -2.21. The van der Waals surface area contributed by atoms with Crippen LogP contribution in [-0.2, 0) is 4.79 Å². The number of halogens is 1. The molecule has 0 saturated carbocycles. The Morgan fingerprint density at radius 3 is 2.55 bits per heavy atom. The molecule has 1 N–H and O–H groups in total. The van der Waals surface area contributed by atoms with E-state index in [-0.39, 0.29) is 11.3 Å². The molecular formula is C22H15ClN2O5S. The SMILES string of the molecule is Cc1ccc(C(=O)C2=C(O)C(=O)N(c3nc4ccc(Cl)cc4s3)C2c2ccc(C)o2)o1. The smallest absolute Gasteiger partial charge is 0.296 e. The summed E-state index contributed by atoms with van der Waals surface area (Å²) in [6.07, 6.45) is 0. The predicted molar refractivity (Wildman–Crippen MR) is 116 cm³/mol. The van der Waals surface area contributed by atoms with E-state index in [0.29, 0.717) is 33.0 Å². The number of fused-ring (bicyclic) bond motifs is 1. The van der Waals surface area contributed by atoms with Gasteiger partial charge >= 0.3 is 0 Å². The van der Waals surface area contributed by atoms with Crippen LogP contribution in [0.5, 0.6) is 0 Å². The van der Waals surface area contributed by atoms with Crippen LogP contribution in [0.25, 0.3) is 10.2 Å². The maximum atomic E-state index is 13.2. The number of aryl methyl sites for hydroxylation is 2. The van der Waals surface area contributed by atoms with Crippen LogP contribution in [0.3, 0.4) is 0 Å². The summed E-state index contributed by atoms with van der Waals surface area (Å²) < 4.78 is 12.0. The number of hydrogen-bond acceptors (Lipinski definition) is 7. The fourth-order valence-corrected chi connectivity index (χ4v) is 4.85. The molecule has 1 amide bonds. The molecule has 4 aromatic rings. The number of anilines is 1. The van der Waals surface area contributed by atoms with Crippen molar-refractivity contribution in [1.82, 2.24) is 4.98 Å². The summed E-state index contributed by atoms with van der Waals surface area (Å²) in [5.41, 5.74) is 0.526. The van der Waals surface area contributed by atoms with Crippen LogP contribution >= 0.6 is 22.9 Å². The highest BCUT2D eigenvalue weighted by molar-refractivity contribution is 7.22. The van der Waals surface area contributed by atoms with Crippen molar-refractivity contribution in [2.45, 2.75) is 19.9 Å². The highest BCUT2D eigenvalue weighted by atomic mass is 35.5. The normalized spacial score (nSPS) is 16.7. The van der Waals surface area contributed by atoms with Gasteiger partial charge in [-0.25, -0.2) is 4.98 Å². The van der Waals surface area contributed by atoms with E-state index in [2.05, 4.69) is 4.98 Å². The minimum Gasteiger partial charge on any atom is -0.503 e. The first-order valence-electron chi connectivity index (χ1n) is 9.33. The number of rotatable bonds is 4. The lowest BCUT2D eigenvalue weighted by molar-refractivity contribution is -0.117. The van der Waals surface area contributed by atoms with Gasteiger partial charge in [0.15, 0.2) is 16.7 Å². The molecule has 9 heteroatoms. The molecule has 0 fully saturated rings. The molecule has 7 nitrogen and oxygen atoms in total. The van der Waals surface area contributed by atoms with Crippen molar-refractivity contribution in [3.8, 4) is 0 Å². The molecule has 0 saturated heterocycles. The third kappa shape index (κ3) is 3.15. The Balaban J connectivity index is 1.67. The molecule has 156 valence electrons. The highest BCUT2D eigenvalue weighted by Crippen LogP contribution is 2.44. The molecule has 1 aromatic carbocycles. The highest BCUT2D eigenvalue weighted by Gasteiger charge is 2.48. The lowest BCUT2D eigenvalue weighted by atomic mass is 10.00. The van der Waals surface area contributed by atoms with Crippen molar-refractivity contribution in [2.24, 2.45) is 0 Å². The molecule has 0 aliphatic carbocycles. The van der Waals surface area contributed by atoms with Crippen molar-refractivity contribution in [2.75, 3.05) is 4.90 Å². The van der Waals surface area contributed by atoms with Gasteiger partial charge in [-0.2, -0.15) is 0 Å². The van der Waals surface area contributed by atoms with Gasteiger partial charge in [-0.15, -0.1) is 0 Å². The van der Waals surface area contributed by atoms with Gasteiger partial charge in [-0.1, -0.05) is 22.9 Å². The Morgan fingerprint density at radius 1 is 1.13 bits per heavy atom. The van der Waals surface area contributed by atoms with Crippen LogP contribution in [0.15, 0.2) is 62.6 Å². The number of furan rings is 2. The van der Waals surface area contributed by atoms with E-state index in [1.165, 1.54) is 22.3 Å². The van der Waals surface area contributed by atoms with Crippen molar-refractivity contribution in [3.05, 3.63) is 81.9 Å². The van der Waals surface area contributed by atoms with Crippen molar-refractivity contribution < 1.29 is 23.5 Å². The second kappa shape index (κ2) is 7.11. The first-order valence-corrected chi connectivity index (χ1v) is 10.5. The summed E-state index contributed by atoms with van der Waals surface area (Å²) in [6, 6.07) is 10.8. The molecule has 31 heavy (non-hydrogen) atoms. The molecule has 1 unspecified atom stereocenters. The maximum Gasteiger partial charge on any atom is 0.296 e. The van der Waals surface area contributed by atoms with E-state index < -0.39 is 23.5 Å². The van der Waals surface area contributed by atoms with Gasteiger partial charge in [0.05, 0.1) is 15.8 Å². The average Bonchev–Trinajstić information content (AvgIpc) is 3.49. The standard InChI is InChI=1S/C22H15ClN2O5S/c1-10-3-7-14(29-10)18-17(19(26)15-8-4-11(2)30-15)20(27)21(28)25(18)22-24-13-6-5-12(23)9-16(13)31-22/h3-9,18,27H,1-2H3. The Labute approximate surface area is 185 Å². The molecule has 1 aliphatic rings.